The van der Waals surface area contributed by atoms with E-state index in [-0.39, 0.29) is 35.1 Å². The molecular weight excluding hydrogens is 396 g/mol. The summed E-state index contributed by atoms with van der Waals surface area (Å²) in [4.78, 5) is 49.0. The Balaban J connectivity index is 1.40. The number of aromatic nitrogens is 2. The molecule has 0 unspecified atom stereocenters. The zero-order chi connectivity index (χ0) is 21.8. The van der Waals surface area contributed by atoms with Crippen LogP contribution in [0.2, 0.25) is 0 Å². The average molecular weight is 431 g/mol. The first-order chi connectivity index (χ1) is 15.0. The average Bonchev–Trinajstić information content (AvgIpc) is 2.76. The van der Waals surface area contributed by atoms with E-state index in [1.807, 2.05) is 9.80 Å². The number of ether oxygens (including phenoxy) is 1. The number of nitrogens with zero attached hydrogens (tertiary/aromatic N) is 3. The molecule has 1 aromatic rings. The smallest absolute Gasteiger partial charge is 0.251 e. The quantitative estimate of drug-likeness (QED) is 0.745. The Kier molecular flexibility index (Phi) is 7.05. The first-order valence-electron chi connectivity index (χ1n) is 11.7. The minimum Gasteiger partial charge on any atom is -0.384 e. The van der Waals surface area contributed by atoms with Gasteiger partial charge in [-0.2, -0.15) is 0 Å². The van der Waals surface area contributed by atoms with Crippen molar-refractivity contribution in [2.24, 2.45) is 5.92 Å². The van der Waals surface area contributed by atoms with Crippen molar-refractivity contribution in [1.29, 1.82) is 0 Å². The number of hydrogen-bond acceptors (Lipinski definition) is 5. The summed E-state index contributed by atoms with van der Waals surface area (Å²) in [5.74, 6) is 1.61. The van der Waals surface area contributed by atoms with E-state index >= 15 is 0 Å². The Morgan fingerprint density at radius 1 is 1.06 bits per heavy atom. The molecule has 3 fully saturated rings. The highest BCUT2D eigenvalue weighted by Gasteiger charge is 2.33. The summed E-state index contributed by atoms with van der Waals surface area (Å²) in [7, 11) is 1.60. The number of carbonyl (C=O) groups is 2. The number of hydrogen-bond donors (Lipinski definition) is 1. The lowest BCUT2D eigenvalue weighted by molar-refractivity contribution is -0.139. The van der Waals surface area contributed by atoms with Crippen molar-refractivity contribution in [3.63, 3.8) is 0 Å². The van der Waals surface area contributed by atoms with Crippen molar-refractivity contribution in [1.82, 2.24) is 19.8 Å². The molecule has 0 radical (unpaired) electrons. The molecule has 1 aromatic heterocycles. The van der Waals surface area contributed by atoms with Crippen LogP contribution in [0, 0.1) is 5.92 Å². The number of rotatable bonds is 6. The van der Waals surface area contributed by atoms with E-state index in [2.05, 4.69) is 4.98 Å². The number of piperidine rings is 2. The maximum absolute atomic E-state index is 12.7. The molecule has 0 aromatic carbocycles. The predicted molar refractivity (Wildman–Crippen MR) is 116 cm³/mol. The van der Waals surface area contributed by atoms with E-state index in [1.165, 1.54) is 0 Å². The summed E-state index contributed by atoms with van der Waals surface area (Å²) in [6.07, 6.45) is 7.09. The van der Waals surface area contributed by atoms with Crippen LogP contribution in [-0.4, -0.2) is 71.5 Å². The maximum Gasteiger partial charge on any atom is 0.251 e. The fourth-order valence-electron chi connectivity index (χ4n) is 4.98. The highest BCUT2D eigenvalue weighted by atomic mass is 16.5. The monoisotopic (exact) mass is 430 g/mol. The molecule has 1 N–H and O–H groups in total. The molecule has 3 heterocycles. The van der Waals surface area contributed by atoms with Crippen LogP contribution in [0.15, 0.2) is 10.9 Å². The van der Waals surface area contributed by atoms with Crippen molar-refractivity contribution >= 4 is 11.8 Å². The van der Waals surface area contributed by atoms with Gasteiger partial charge in [0.15, 0.2) is 0 Å². The molecule has 3 aliphatic rings. The lowest BCUT2D eigenvalue weighted by Gasteiger charge is -2.37. The van der Waals surface area contributed by atoms with E-state index in [0.29, 0.717) is 32.7 Å². The van der Waals surface area contributed by atoms with Gasteiger partial charge < -0.3 is 19.5 Å². The Morgan fingerprint density at radius 3 is 2.52 bits per heavy atom. The second kappa shape index (κ2) is 9.94. The number of H-pyrrole nitrogens is 1. The molecule has 170 valence electrons. The lowest BCUT2D eigenvalue weighted by atomic mass is 9.83. The molecule has 2 amide bonds. The third-order valence-corrected chi connectivity index (χ3v) is 7.14. The van der Waals surface area contributed by atoms with Crippen molar-refractivity contribution in [3.05, 3.63) is 27.9 Å². The van der Waals surface area contributed by atoms with Gasteiger partial charge in [0.1, 0.15) is 5.82 Å². The maximum atomic E-state index is 12.7. The second-order valence-electron chi connectivity index (χ2n) is 9.20. The Bertz CT molecular complexity index is 842. The predicted octanol–water partition coefficient (Wildman–Crippen LogP) is 2.02. The molecule has 8 heteroatoms. The standard InChI is InChI=1S/C23H34N4O4/c1-31-13-9-21(29)26-11-7-16(8-12-26)22-24-19(14-20(28)25-22)18-6-3-10-27(15-18)23(30)17-4-2-5-17/h14,16-18H,2-13,15H2,1H3,(H,24,25,28)/t18-/m1/s1. The zero-order valence-electron chi connectivity index (χ0n) is 18.5. The summed E-state index contributed by atoms with van der Waals surface area (Å²) in [6, 6.07) is 1.61. The SMILES string of the molecule is COCCC(=O)N1CCC(c2nc([C@@H]3CCCN(C(=O)C4CCC4)C3)cc(=O)[nH]2)CC1. The molecule has 31 heavy (non-hydrogen) atoms. The van der Waals surface area contributed by atoms with Crippen LogP contribution in [-0.2, 0) is 14.3 Å². The van der Waals surface area contributed by atoms with Gasteiger partial charge in [0.2, 0.25) is 11.8 Å². The van der Waals surface area contributed by atoms with Crippen LogP contribution in [0.1, 0.15) is 74.7 Å². The minimum atomic E-state index is -0.124. The van der Waals surface area contributed by atoms with Gasteiger partial charge in [-0.15, -0.1) is 0 Å². The molecule has 8 nitrogen and oxygen atoms in total. The van der Waals surface area contributed by atoms with E-state index in [0.717, 1.165) is 63.0 Å². The van der Waals surface area contributed by atoms with Crippen molar-refractivity contribution in [2.75, 3.05) is 39.9 Å². The number of carbonyl (C=O) groups excluding carboxylic acids is 2. The number of likely N-dealkylation sites (tertiary alicyclic amines) is 2. The summed E-state index contributed by atoms with van der Waals surface area (Å²) in [6.45, 7) is 3.27. The van der Waals surface area contributed by atoms with Gasteiger partial charge in [0, 0.05) is 57.1 Å². The Labute approximate surface area is 183 Å². The molecule has 0 spiro atoms. The first-order valence-corrected chi connectivity index (χ1v) is 11.7. The minimum absolute atomic E-state index is 0.119. The highest BCUT2D eigenvalue weighted by molar-refractivity contribution is 5.79. The third kappa shape index (κ3) is 5.17. The van der Waals surface area contributed by atoms with Gasteiger partial charge in [-0.05, 0) is 38.5 Å². The first kappa shape index (κ1) is 22.0. The Hall–Kier alpha value is -2.22. The Morgan fingerprint density at radius 2 is 1.84 bits per heavy atom. The largest absolute Gasteiger partial charge is 0.384 e. The summed E-state index contributed by atoms with van der Waals surface area (Å²) in [5.41, 5.74) is 0.685. The fraction of sp³-hybridized carbons (Fsp3) is 0.739. The molecule has 2 aliphatic heterocycles. The van der Waals surface area contributed by atoms with Crippen LogP contribution in [0.3, 0.4) is 0 Å². The second-order valence-corrected chi connectivity index (χ2v) is 9.20. The van der Waals surface area contributed by atoms with Gasteiger partial charge >= 0.3 is 0 Å². The van der Waals surface area contributed by atoms with Gasteiger partial charge in [-0.1, -0.05) is 6.42 Å². The van der Waals surface area contributed by atoms with Crippen molar-refractivity contribution in [2.45, 2.75) is 63.2 Å². The van der Waals surface area contributed by atoms with Crippen LogP contribution in [0.5, 0.6) is 0 Å². The van der Waals surface area contributed by atoms with Crippen molar-refractivity contribution < 1.29 is 14.3 Å². The lowest BCUT2D eigenvalue weighted by Crippen LogP contribution is -2.44. The number of aromatic amines is 1. The van der Waals surface area contributed by atoms with Crippen LogP contribution in [0.4, 0.5) is 0 Å². The highest BCUT2D eigenvalue weighted by Crippen LogP contribution is 2.32. The van der Waals surface area contributed by atoms with Crippen LogP contribution < -0.4 is 5.56 Å². The number of amides is 2. The van der Waals surface area contributed by atoms with E-state index in [4.69, 9.17) is 9.72 Å². The molecule has 1 aliphatic carbocycles. The number of methoxy groups -OCH3 is 1. The van der Waals surface area contributed by atoms with E-state index in [9.17, 15) is 14.4 Å². The third-order valence-electron chi connectivity index (χ3n) is 7.14. The van der Waals surface area contributed by atoms with Crippen LogP contribution >= 0.6 is 0 Å². The molecular formula is C23H34N4O4. The molecule has 0 bridgehead atoms. The van der Waals surface area contributed by atoms with Gasteiger partial charge in [-0.3, -0.25) is 14.4 Å². The summed E-state index contributed by atoms with van der Waals surface area (Å²) >= 11 is 0. The van der Waals surface area contributed by atoms with Gasteiger partial charge in [-0.25, -0.2) is 4.98 Å². The van der Waals surface area contributed by atoms with Crippen LogP contribution in [0.25, 0.3) is 0 Å². The molecule has 4 rings (SSSR count). The summed E-state index contributed by atoms with van der Waals surface area (Å²) in [5, 5.41) is 0. The molecule has 2 saturated heterocycles. The van der Waals surface area contributed by atoms with E-state index < -0.39 is 0 Å². The molecule has 1 atom stereocenters. The molecule has 1 saturated carbocycles. The van der Waals surface area contributed by atoms with Gasteiger partial charge in [0.05, 0.1) is 18.7 Å². The van der Waals surface area contributed by atoms with Crippen molar-refractivity contribution in [3.8, 4) is 0 Å². The normalized spacial score (nSPS) is 22.9. The van der Waals surface area contributed by atoms with Gasteiger partial charge in [0.25, 0.3) is 5.56 Å². The zero-order valence-corrected chi connectivity index (χ0v) is 18.5. The topological polar surface area (TPSA) is 95.6 Å². The summed E-state index contributed by atoms with van der Waals surface area (Å²) < 4.78 is 5.00. The fourth-order valence-corrected chi connectivity index (χ4v) is 4.98. The van der Waals surface area contributed by atoms with E-state index in [1.54, 1.807) is 13.2 Å². The number of nitrogens with one attached hydrogen (secondary N) is 1.